The summed E-state index contributed by atoms with van der Waals surface area (Å²) in [6.45, 7) is 3.86. The van der Waals surface area contributed by atoms with Crippen molar-refractivity contribution in [3.05, 3.63) is 0 Å². The Morgan fingerprint density at radius 3 is 2.58 bits per heavy atom. The molecular formula is C8H18N2OS. The smallest absolute Gasteiger partial charge is 0.237 e. The van der Waals surface area contributed by atoms with Gasteiger partial charge in [0, 0.05) is 6.04 Å². The molecule has 3 N–H and O–H groups in total. The van der Waals surface area contributed by atoms with Gasteiger partial charge in [-0.3, -0.25) is 4.79 Å². The van der Waals surface area contributed by atoms with Gasteiger partial charge in [-0.1, -0.05) is 0 Å². The van der Waals surface area contributed by atoms with Crippen LogP contribution in [0.4, 0.5) is 0 Å². The van der Waals surface area contributed by atoms with E-state index in [1.54, 1.807) is 11.8 Å². The molecule has 0 radical (unpaired) electrons. The molecule has 0 heterocycles. The van der Waals surface area contributed by atoms with Crippen LogP contribution in [-0.4, -0.2) is 30.0 Å². The Bertz CT molecular complexity index is 139. The summed E-state index contributed by atoms with van der Waals surface area (Å²) in [5.74, 6) is 0.895. The maximum absolute atomic E-state index is 11.2. The lowest BCUT2D eigenvalue weighted by Gasteiger charge is -2.13. The van der Waals surface area contributed by atoms with E-state index in [-0.39, 0.29) is 18.0 Å². The Labute approximate surface area is 78.5 Å². The number of nitrogens with two attached hydrogens (primary N) is 1. The van der Waals surface area contributed by atoms with E-state index in [2.05, 4.69) is 5.32 Å². The van der Waals surface area contributed by atoms with E-state index < -0.39 is 0 Å². The first-order valence-electron chi connectivity index (χ1n) is 4.12. The number of carbonyl (C=O) groups excluding carboxylic acids is 1. The zero-order chi connectivity index (χ0) is 9.56. The van der Waals surface area contributed by atoms with Crippen molar-refractivity contribution in [2.75, 3.05) is 12.0 Å². The molecule has 0 aromatic heterocycles. The molecule has 0 fully saturated rings. The molecule has 0 aliphatic rings. The summed E-state index contributed by atoms with van der Waals surface area (Å²) in [6, 6.07) is -0.169. The Kier molecular flexibility index (Phi) is 6.20. The zero-order valence-electron chi connectivity index (χ0n) is 7.96. The third-order valence-electron chi connectivity index (χ3n) is 1.40. The van der Waals surface area contributed by atoms with Crippen LogP contribution in [0.15, 0.2) is 0 Å². The third kappa shape index (κ3) is 5.43. The van der Waals surface area contributed by atoms with E-state index in [9.17, 15) is 4.79 Å². The van der Waals surface area contributed by atoms with Crippen LogP contribution in [-0.2, 0) is 4.79 Å². The van der Waals surface area contributed by atoms with E-state index in [0.717, 1.165) is 12.2 Å². The summed E-state index contributed by atoms with van der Waals surface area (Å²) in [6.07, 6.45) is 2.76. The fraction of sp³-hybridized carbons (Fsp3) is 0.875. The van der Waals surface area contributed by atoms with Gasteiger partial charge < -0.3 is 11.1 Å². The molecule has 0 saturated heterocycles. The van der Waals surface area contributed by atoms with Crippen molar-refractivity contribution in [2.24, 2.45) is 5.73 Å². The van der Waals surface area contributed by atoms with Crippen LogP contribution in [0, 0.1) is 0 Å². The Morgan fingerprint density at radius 1 is 1.58 bits per heavy atom. The van der Waals surface area contributed by atoms with Gasteiger partial charge in [-0.2, -0.15) is 11.8 Å². The van der Waals surface area contributed by atoms with Crippen LogP contribution in [0.1, 0.15) is 20.3 Å². The second-order valence-electron chi connectivity index (χ2n) is 3.05. The van der Waals surface area contributed by atoms with Crippen molar-refractivity contribution in [2.45, 2.75) is 32.4 Å². The largest absolute Gasteiger partial charge is 0.353 e. The Hall–Kier alpha value is -0.220. The van der Waals surface area contributed by atoms with Gasteiger partial charge in [-0.15, -0.1) is 0 Å². The lowest BCUT2D eigenvalue weighted by molar-refractivity contribution is -0.122. The highest BCUT2D eigenvalue weighted by molar-refractivity contribution is 7.98. The molecule has 0 spiro atoms. The van der Waals surface area contributed by atoms with Crippen molar-refractivity contribution in [3.8, 4) is 0 Å². The highest BCUT2D eigenvalue weighted by Crippen LogP contribution is 1.98. The van der Waals surface area contributed by atoms with Gasteiger partial charge in [0.1, 0.15) is 0 Å². The normalized spacial score (nSPS) is 13.1. The van der Waals surface area contributed by atoms with Crippen molar-refractivity contribution >= 4 is 17.7 Å². The molecule has 0 rings (SSSR count). The first-order chi connectivity index (χ1) is 5.57. The summed E-state index contributed by atoms with van der Waals surface area (Å²) in [5.41, 5.74) is 5.63. The molecule has 1 atom stereocenters. The van der Waals surface area contributed by atoms with Gasteiger partial charge in [0.25, 0.3) is 0 Å². The summed E-state index contributed by atoms with van der Waals surface area (Å²) in [5, 5.41) is 2.78. The van der Waals surface area contributed by atoms with Crippen LogP contribution in [0.3, 0.4) is 0 Å². The van der Waals surface area contributed by atoms with Crippen LogP contribution in [0.5, 0.6) is 0 Å². The molecule has 4 heteroatoms. The number of thioether (sulfide) groups is 1. The van der Waals surface area contributed by atoms with Gasteiger partial charge in [0.15, 0.2) is 0 Å². The minimum Gasteiger partial charge on any atom is -0.353 e. The topological polar surface area (TPSA) is 55.1 Å². The lowest BCUT2D eigenvalue weighted by Crippen LogP contribution is -2.43. The maximum Gasteiger partial charge on any atom is 0.237 e. The molecule has 0 aliphatic carbocycles. The fourth-order valence-electron chi connectivity index (χ4n) is 0.767. The van der Waals surface area contributed by atoms with Crippen molar-refractivity contribution < 1.29 is 4.79 Å². The average molecular weight is 190 g/mol. The second kappa shape index (κ2) is 6.31. The number of amides is 1. The maximum atomic E-state index is 11.2. The highest BCUT2D eigenvalue weighted by Gasteiger charge is 2.12. The first kappa shape index (κ1) is 11.8. The molecule has 0 saturated carbocycles. The zero-order valence-corrected chi connectivity index (χ0v) is 8.78. The first-order valence-corrected chi connectivity index (χ1v) is 5.52. The standard InChI is InChI=1S/C8H18N2OS/c1-6(2)10-8(11)7(9)4-5-12-3/h6-7H,4-5,9H2,1-3H3,(H,10,11). The van der Waals surface area contributed by atoms with Gasteiger partial charge >= 0.3 is 0 Å². The Balaban J connectivity index is 3.61. The Morgan fingerprint density at radius 2 is 2.17 bits per heavy atom. The third-order valence-corrected chi connectivity index (χ3v) is 2.04. The minimum atomic E-state index is -0.347. The quantitative estimate of drug-likeness (QED) is 0.667. The molecular weight excluding hydrogens is 172 g/mol. The number of hydrogen-bond acceptors (Lipinski definition) is 3. The predicted molar refractivity (Wildman–Crippen MR) is 54.3 cm³/mol. The number of hydrogen-bond donors (Lipinski definition) is 2. The monoisotopic (exact) mass is 190 g/mol. The minimum absolute atomic E-state index is 0.0425. The predicted octanol–water partition coefficient (Wildman–Crippen LogP) is 0.591. The fourth-order valence-corrected chi connectivity index (χ4v) is 1.26. The molecule has 3 nitrogen and oxygen atoms in total. The summed E-state index contributed by atoms with van der Waals surface area (Å²) in [4.78, 5) is 11.2. The van der Waals surface area contributed by atoms with Gasteiger partial charge in [-0.05, 0) is 32.3 Å². The molecule has 1 amide bonds. The van der Waals surface area contributed by atoms with E-state index in [1.165, 1.54) is 0 Å². The molecule has 1 unspecified atom stereocenters. The van der Waals surface area contributed by atoms with E-state index in [1.807, 2.05) is 20.1 Å². The molecule has 0 aromatic rings. The van der Waals surface area contributed by atoms with E-state index in [0.29, 0.717) is 0 Å². The van der Waals surface area contributed by atoms with Gasteiger partial charge in [0.05, 0.1) is 6.04 Å². The summed E-state index contributed by atoms with van der Waals surface area (Å²) >= 11 is 1.71. The summed E-state index contributed by atoms with van der Waals surface area (Å²) in [7, 11) is 0. The van der Waals surface area contributed by atoms with E-state index >= 15 is 0 Å². The van der Waals surface area contributed by atoms with Gasteiger partial charge in [-0.25, -0.2) is 0 Å². The summed E-state index contributed by atoms with van der Waals surface area (Å²) < 4.78 is 0. The average Bonchev–Trinajstić information content (AvgIpc) is 1.98. The molecule has 0 aromatic carbocycles. The number of nitrogens with one attached hydrogen (secondary N) is 1. The van der Waals surface area contributed by atoms with Crippen LogP contribution in [0.25, 0.3) is 0 Å². The van der Waals surface area contributed by atoms with E-state index in [4.69, 9.17) is 5.73 Å². The van der Waals surface area contributed by atoms with Crippen molar-refractivity contribution in [3.63, 3.8) is 0 Å². The SMILES string of the molecule is CSCCC(N)C(=O)NC(C)C. The number of rotatable bonds is 5. The second-order valence-corrected chi connectivity index (χ2v) is 4.04. The number of carbonyl (C=O) groups is 1. The molecule has 0 bridgehead atoms. The highest BCUT2D eigenvalue weighted by atomic mass is 32.2. The molecule has 12 heavy (non-hydrogen) atoms. The lowest BCUT2D eigenvalue weighted by atomic mass is 10.2. The molecule has 0 aliphatic heterocycles. The van der Waals surface area contributed by atoms with Crippen molar-refractivity contribution in [1.29, 1.82) is 0 Å². The van der Waals surface area contributed by atoms with Crippen LogP contribution in [0.2, 0.25) is 0 Å². The van der Waals surface area contributed by atoms with Crippen molar-refractivity contribution in [1.82, 2.24) is 5.32 Å². The van der Waals surface area contributed by atoms with Crippen LogP contribution < -0.4 is 11.1 Å². The molecule has 72 valence electrons. The van der Waals surface area contributed by atoms with Crippen LogP contribution >= 0.6 is 11.8 Å². The van der Waals surface area contributed by atoms with Gasteiger partial charge in [0.2, 0.25) is 5.91 Å².